The molecule has 1 aliphatic heterocycles. The predicted octanol–water partition coefficient (Wildman–Crippen LogP) is 1.34. The number of carbonyl (C=O) groups excluding carboxylic acids is 1. The zero-order valence-electron chi connectivity index (χ0n) is 9.60. The monoisotopic (exact) mass is 224 g/mol. The molecule has 0 saturated carbocycles. The minimum absolute atomic E-state index is 0.00478. The van der Waals surface area contributed by atoms with Gasteiger partial charge in [-0.3, -0.25) is 4.79 Å². The zero-order chi connectivity index (χ0) is 11.5. The fourth-order valence-corrected chi connectivity index (χ4v) is 1.60. The zero-order valence-corrected chi connectivity index (χ0v) is 9.60. The largest absolute Gasteiger partial charge is 0.381 e. The molecular weight excluding hydrogens is 208 g/mol. The lowest BCUT2D eigenvalue weighted by atomic mass is 10.1. The Bertz CT molecular complexity index is 367. The highest BCUT2D eigenvalue weighted by Crippen LogP contribution is 2.22. The van der Waals surface area contributed by atoms with Crippen molar-refractivity contribution >= 4 is 5.78 Å². The molecule has 1 aromatic heterocycles. The van der Waals surface area contributed by atoms with Crippen molar-refractivity contribution < 1.29 is 14.1 Å². The summed E-state index contributed by atoms with van der Waals surface area (Å²) in [4.78, 5) is 15.7. The summed E-state index contributed by atoms with van der Waals surface area (Å²) in [5.41, 5.74) is 0. The van der Waals surface area contributed by atoms with Crippen LogP contribution in [0, 0.1) is 5.92 Å². The molecule has 1 atom stereocenters. The van der Waals surface area contributed by atoms with Crippen LogP contribution in [0.4, 0.5) is 0 Å². The van der Waals surface area contributed by atoms with Crippen molar-refractivity contribution in [1.82, 2.24) is 10.1 Å². The van der Waals surface area contributed by atoms with Gasteiger partial charge in [-0.2, -0.15) is 4.98 Å². The van der Waals surface area contributed by atoms with E-state index >= 15 is 0 Å². The number of carbonyl (C=O) groups is 1. The maximum Gasteiger partial charge on any atom is 0.234 e. The van der Waals surface area contributed by atoms with Crippen molar-refractivity contribution in [2.24, 2.45) is 5.92 Å². The summed E-state index contributed by atoms with van der Waals surface area (Å²) in [7, 11) is 0. The van der Waals surface area contributed by atoms with Crippen LogP contribution in [0.2, 0.25) is 0 Å². The molecule has 2 rings (SSSR count). The lowest BCUT2D eigenvalue weighted by Crippen LogP contribution is -2.10. The van der Waals surface area contributed by atoms with E-state index in [1.54, 1.807) is 0 Å². The first-order chi connectivity index (χ1) is 7.66. The standard InChI is InChI=1S/C11H16N2O3/c1-7(2)9(14)5-10-12-11(13-16-10)8-3-4-15-6-8/h7-8H,3-6H2,1-2H3. The maximum atomic E-state index is 11.5. The Labute approximate surface area is 94.2 Å². The Morgan fingerprint density at radius 3 is 3.00 bits per heavy atom. The Balaban J connectivity index is 1.99. The number of aromatic nitrogens is 2. The van der Waals surface area contributed by atoms with E-state index in [-0.39, 0.29) is 24.0 Å². The van der Waals surface area contributed by atoms with Crippen LogP contribution in [0.25, 0.3) is 0 Å². The van der Waals surface area contributed by atoms with Gasteiger partial charge >= 0.3 is 0 Å². The number of hydrogen-bond donors (Lipinski definition) is 0. The Kier molecular flexibility index (Phi) is 3.33. The molecule has 16 heavy (non-hydrogen) atoms. The minimum atomic E-state index is 0.00478. The molecule has 0 bridgehead atoms. The molecule has 1 fully saturated rings. The van der Waals surface area contributed by atoms with Gasteiger partial charge in [-0.25, -0.2) is 0 Å². The van der Waals surface area contributed by atoms with Crippen LogP contribution in [0.1, 0.15) is 37.9 Å². The van der Waals surface area contributed by atoms with E-state index in [0.717, 1.165) is 13.0 Å². The van der Waals surface area contributed by atoms with E-state index in [4.69, 9.17) is 9.26 Å². The van der Waals surface area contributed by atoms with Gasteiger partial charge in [0.05, 0.1) is 13.0 Å². The third-order valence-electron chi connectivity index (χ3n) is 2.75. The molecule has 0 spiro atoms. The SMILES string of the molecule is CC(C)C(=O)Cc1nc(C2CCOC2)no1. The van der Waals surface area contributed by atoms with Gasteiger partial charge in [0.2, 0.25) is 5.89 Å². The van der Waals surface area contributed by atoms with Crippen LogP contribution in [0.5, 0.6) is 0 Å². The van der Waals surface area contributed by atoms with E-state index in [2.05, 4.69) is 10.1 Å². The lowest BCUT2D eigenvalue weighted by molar-refractivity contribution is -0.121. The van der Waals surface area contributed by atoms with Crippen molar-refractivity contribution in [3.63, 3.8) is 0 Å². The van der Waals surface area contributed by atoms with Crippen LogP contribution in [0.15, 0.2) is 4.52 Å². The molecule has 1 saturated heterocycles. The van der Waals surface area contributed by atoms with E-state index in [1.807, 2.05) is 13.8 Å². The fourth-order valence-electron chi connectivity index (χ4n) is 1.60. The molecule has 0 N–H and O–H groups in total. The first kappa shape index (κ1) is 11.3. The van der Waals surface area contributed by atoms with E-state index in [0.29, 0.717) is 18.3 Å². The second-order valence-electron chi connectivity index (χ2n) is 4.40. The molecule has 0 radical (unpaired) electrons. The van der Waals surface area contributed by atoms with Gasteiger partial charge in [-0.05, 0) is 6.42 Å². The quantitative estimate of drug-likeness (QED) is 0.772. The molecule has 88 valence electrons. The van der Waals surface area contributed by atoms with E-state index in [9.17, 15) is 4.79 Å². The topological polar surface area (TPSA) is 65.2 Å². The number of rotatable bonds is 4. The second kappa shape index (κ2) is 4.74. The van der Waals surface area contributed by atoms with Crippen molar-refractivity contribution in [1.29, 1.82) is 0 Å². The van der Waals surface area contributed by atoms with Crippen LogP contribution in [-0.2, 0) is 16.0 Å². The first-order valence-corrected chi connectivity index (χ1v) is 5.59. The molecule has 1 unspecified atom stereocenters. The molecule has 1 aromatic rings. The second-order valence-corrected chi connectivity index (χ2v) is 4.40. The molecule has 0 amide bonds. The highest BCUT2D eigenvalue weighted by molar-refractivity contribution is 5.81. The number of Topliss-reactive ketones (excluding diaryl/α,β-unsaturated/α-hetero) is 1. The summed E-state index contributed by atoms with van der Waals surface area (Å²) in [6, 6.07) is 0. The van der Waals surface area contributed by atoms with Crippen molar-refractivity contribution in [2.75, 3.05) is 13.2 Å². The Morgan fingerprint density at radius 2 is 2.38 bits per heavy atom. The number of nitrogens with zero attached hydrogens (tertiary/aromatic N) is 2. The Hall–Kier alpha value is -1.23. The van der Waals surface area contributed by atoms with Crippen molar-refractivity contribution in [2.45, 2.75) is 32.6 Å². The van der Waals surface area contributed by atoms with Gasteiger partial charge in [-0.1, -0.05) is 19.0 Å². The van der Waals surface area contributed by atoms with Gasteiger partial charge in [0.1, 0.15) is 5.78 Å². The molecule has 1 aliphatic rings. The summed E-state index contributed by atoms with van der Waals surface area (Å²) >= 11 is 0. The molecule has 5 heteroatoms. The fraction of sp³-hybridized carbons (Fsp3) is 0.727. The summed E-state index contributed by atoms with van der Waals surface area (Å²) in [5, 5.41) is 3.89. The smallest absolute Gasteiger partial charge is 0.234 e. The third kappa shape index (κ3) is 2.47. The number of ketones is 1. The normalized spacial score (nSPS) is 20.6. The Morgan fingerprint density at radius 1 is 1.56 bits per heavy atom. The van der Waals surface area contributed by atoms with Gasteiger partial charge < -0.3 is 9.26 Å². The average Bonchev–Trinajstić information content (AvgIpc) is 2.85. The van der Waals surface area contributed by atoms with Crippen molar-refractivity contribution in [3.05, 3.63) is 11.7 Å². The van der Waals surface area contributed by atoms with Gasteiger partial charge in [0.15, 0.2) is 5.82 Å². The first-order valence-electron chi connectivity index (χ1n) is 5.59. The van der Waals surface area contributed by atoms with Gasteiger partial charge in [0.25, 0.3) is 0 Å². The number of ether oxygens (including phenoxy) is 1. The van der Waals surface area contributed by atoms with Crippen molar-refractivity contribution in [3.8, 4) is 0 Å². The summed E-state index contributed by atoms with van der Waals surface area (Å²) in [6.45, 7) is 5.13. The highest BCUT2D eigenvalue weighted by atomic mass is 16.5. The van der Waals surface area contributed by atoms with Crippen LogP contribution >= 0.6 is 0 Å². The summed E-state index contributed by atoms with van der Waals surface area (Å²) < 4.78 is 10.3. The van der Waals surface area contributed by atoms with Crippen LogP contribution in [0.3, 0.4) is 0 Å². The molecular formula is C11H16N2O3. The summed E-state index contributed by atoms with van der Waals surface area (Å²) in [5.74, 6) is 1.44. The number of hydrogen-bond acceptors (Lipinski definition) is 5. The average molecular weight is 224 g/mol. The van der Waals surface area contributed by atoms with Crippen LogP contribution < -0.4 is 0 Å². The highest BCUT2D eigenvalue weighted by Gasteiger charge is 2.23. The third-order valence-corrected chi connectivity index (χ3v) is 2.75. The molecule has 0 aliphatic carbocycles. The van der Waals surface area contributed by atoms with E-state index in [1.165, 1.54) is 0 Å². The van der Waals surface area contributed by atoms with E-state index < -0.39 is 0 Å². The lowest BCUT2D eigenvalue weighted by Gasteiger charge is -1.99. The molecule has 5 nitrogen and oxygen atoms in total. The van der Waals surface area contributed by atoms with Crippen LogP contribution in [-0.4, -0.2) is 29.1 Å². The minimum Gasteiger partial charge on any atom is -0.381 e. The van der Waals surface area contributed by atoms with Gasteiger partial charge in [-0.15, -0.1) is 0 Å². The predicted molar refractivity (Wildman–Crippen MR) is 56.0 cm³/mol. The molecule has 2 heterocycles. The summed E-state index contributed by atoms with van der Waals surface area (Å²) in [6.07, 6.45) is 1.16. The maximum absolute atomic E-state index is 11.5. The van der Waals surface area contributed by atoms with Gasteiger partial charge in [0, 0.05) is 18.4 Å². The molecule has 0 aromatic carbocycles.